The maximum absolute atomic E-state index is 2.42. The fraction of sp³-hybridized carbons (Fsp3) is 0.0213. The first-order valence-corrected chi connectivity index (χ1v) is 18.6. The molecule has 0 unspecified atom stereocenters. The summed E-state index contributed by atoms with van der Waals surface area (Å²) in [6.07, 6.45) is 0. The Labute approximate surface area is 292 Å². The molecule has 0 saturated heterocycles. The number of para-hydroxylation sites is 1. The monoisotopic (exact) mass is 689 g/mol. The Morgan fingerprint density at radius 1 is 0.388 bits per heavy atom. The van der Waals surface area contributed by atoms with Gasteiger partial charge in [0.1, 0.15) is 0 Å². The number of hydrogen-bond donors (Lipinski definition) is 0. The molecule has 1 nitrogen and oxygen atoms in total. The van der Waals surface area contributed by atoms with Crippen molar-refractivity contribution in [2.24, 2.45) is 0 Å². The summed E-state index contributed by atoms with van der Waals surface area (Å²) in [5.74, 6) is 0. The van der Waals surface area contributed by atoms with E-state index in [1.54, 1.807) is 0 Å². The summed E-state index contributed by atoms with van der Waals surface area (Å²) in [6.45, 7) is 0. The molecule has 0 bridgehead atoms. The van der Waals surface area contributed by atoms with Crippen molar-refractivity contribution in [3.05, 3.63) is 210 Å². The van der Waals surface area contributed by atoms with Crippen LogP contribution >= 0.6 is 0 Å². The number of hydrogen-bond acceptors (Lipinski definition) is 1. The van der Waals surface area contributed by atoms with E-state index >= 15 is 0 Å². The Morgan fingerprint density at radius 3 is 1.76 bits per heavy atom. The van der Waals surface area contributed by atoms with E-state index in [-0.39, 0.29) is 0 Å². The van der Waals surface area contributed by atoms with Crippen LogP contribution < -0.4 is 4.90 Å². The van der Waals surface area contributed by atoms with Crippen LogP contribution in [0.15, 0.2) is 188 Å². The molecule has 10 rings (SSSR count). The summed E-state index contributed by atoms with van der Waals surface area (Å²) in [5, 5.41) is 5.44. The Balaban J connectivity index is 1.19. The van der Waals surface area contributed by atoms with Crippen molar-refractivity contribution in [1.82, 2.24) is 0 Å². The first-order valence-electron chi connectivity index (χ1n) is 16.9. The number of rotatable bonds is 5. The van der Waals surface area contributed by atoms with E-state index < -0.39 is 5.41 Å². The molecule has 0 N–H and O–H groups in total. The fourth-order valence-electron chi connectivity index (χ4n) is 8.24. The third kappa shape index (κ3) is 4.25. The number of benzene rings is 8. The molecule has 1 heterocycles. The van der Waals surface area contributed by atoms with Crippen molar-refractivity contribution in [2.75, 3.05) is 4.90 Å². The first-order chi connectivity index (χ1) is 24.3. The maximum atomic E-state index is 2.42. The molecule has 49 heavy (non-hydrogen) atoms. The van der Waals surface area contributed by atoms with Crippen LogP contribution in [0.3, 0.4) is 0 Å². The standard InChI is InChI=1S/C47H31NSe/c1-4-14-33(15-5-1)47(34-16-6-2-7-17-34)43-22-12-10-20-39(43)42-31-37(26-29-44(42)47)48(35-18-8-3-9-19-35)36-25-28-38-32(30-36)24-27-41-40-21-11-13-23-45(40)49-46(38)41/h1-31H. The van der Waals surface area contributed by atoms with Gasteiger partial charge in [-0.25, -0.2) is 0 Å². The summed E-state index contributed by atoms with van der Waals surface area (Å²) in [5.41, 5.74) is 10.8. The van der Waals surface area contributed by atoms with Gasteiger partial charge in [-0.15, -0.1) is 0 Å². The molecular weight excluding hydrogens is 657 g/mol. The molecule has 0 atom stereocenters. The second kappa shape index (κ2) is 11.2. The molecule has 8 aromatic carbocycles. The van der Waals surface area contributed by atoms with Crippen LogP contribution in [0, 0.1) is 0 Å². The van der Waals surface area contributed by atoms with Gasteiger partial charge in [-0.1, -0.05) is 66.7 Å². The van der Waals surface area contributed by atoms with Gasteiger partial charge in [-0.05, 0) is 0 Å². The minimum atomic E-state index is -0.410. The Hall–Kier alpha value is -5.66. The van der Waals surface area contributed by atoms with Crippen LogP contribution in [-0.4, -0.2) is 14.5 Å². The van der Waals surface area contributed by atoms with Crippen LogP contribution in [0.25, 0.3) is 41.2 Å². The summed E-state index contributed by atoms with van der Waals surface area (Å²) < 4.78 is 2.98. The second-order valence-corrected chi connectivity index (χ2v) is 15.1. The SMILES string of the molecule is c1ccc(N(c2ccc3c(c2)-c2ccccc2C3(c2ccccc2)c2ccccc2)c2ccc3c(ccc4c5ccccc5[se]c34)c2)cc1. The molecule has 1 aromatic heterocycles. The molecule has 2 heteroatoms. The van der Waals surface area contributed by atoms with Crippen molar-refractivity contribution in [1.29, 1.82) is 0 Å². The molecule has 0 aliphatic heterocycles. The van der Waals surface area contributed by atoms with E-state index in [0.29, 0.717) is 14.5 Å². The van der Waals surface area contributed by atoms with Gasteiger partial charge in [0, 0.05) is 0 Å². The Bertz CT molecular complexity index is 2620. The van der Waals surface area contributed by atoms with Gasteiger partial charge in [0.05, 0.1) is 0 Å². The van der Waals surface area contributed by atoms with Gasteiger partial charge in [-0.3, -0.25) is 0 Å². The third-order valence-electron chi connectivity index (χ3n) is 10.3. The zero-order chi connectivity index (χ0) is 32.4. The van der Waals surface area contributed by atoms with Crippen molar-refractivity contribution in [2.45, 2.75) is 5.41 Å². The van der Waals surface area contributed by atoms with Crippen LogP contribution in [0.2, 0.25) is 0 Å². The van der Waals surface area contributed by atoms with Crippen LogP contribution in [0.5, 0.6) is 0 Å². The van der Waals surface area contributed by atoms with E-state index in [1.807, 2.05) is 0 Å². The summed E-state index contributed by atoms with van der Waals surface area (Å²) >= 11 is 0.309. The normalized spacial score (nSPS) is 13.1. The van der Waals surface area contributed by atoms with Crippen LogP contribution in [0.4, 0.5) is 17.1 Å². The van der Waals surface area contributed by atoms with Crippen molar-refractivity contribution < 1.29 is 0 Å². The molecule has 0 radical (unpaired) electrons. The summed E-state index contributed by atoms with van der Waals surface area (Å²) in [6, 6.07) is 69.5. The van der Waals surface area contributed by atoms with E-state index in [1.165, 1.54) is 63.4 Å². The average Bonchev–Trinajstić information content (AvgIpc) is 3.70. The van der Waals surface area contributed by atoms with Gasteiger partial charge >= 0.3 is 227 Å². The summed E-state index contributed by atoms with van der Waals surface area (Å²) in [4.78, 5) is 2.42. The molecule has 0 amide bonds. The molecule has 0 saturated carbocycles. The Morgan fingerprint density at radius 2 is 0.980 bits per heavy atom. The molecule has 9 aromatic rings. The molecule has 0 fully saturated rings. The van der Waals surface area contributed by atoms with Gasteiger partial charge in [0.15, 0.2) is 0 Å². The molecule has 0 spiro atoms. The molecule has 230 valence electrons. The number of nitrogens with zero attached hydrogens (tertiary/aromatic N) is 1. The second-order valence-electron chi connectivity index (χ2n) is 12.9. The van der Waals surface area contributed by atoms with Crippen LogP contribution in [-0.2, 0) is 5.41 Å². The van der Waals surface area contributed by atoms with Crippen molar-refractivity contribution >= 4 is 61.6 Å². The van der Waals surface area contributed by atoms with Gasteiger partial charge in [-0.2, -0.15) is 0 Å². The first kappa shape index (κ1) is 28.4. The van der Waals surface area contributed by atoms with E-state index in [9.17, 15) is 0 Å². The zero-order valence-electron chi connectivity index (χ0n) is 26.8. The Kier molecular flexibility index (Phi) is 6.49. The summed E-state index contributed by atoms with van der Waals surface area (Å²) in [7, 11) is 0. The topological polar surface area (TPSA) is 3.24 Å². The number of fused-ring (bicyclic) bond motifs is 8. The number of anilines is 3. The van der Waals surface area contributed by atoms with Gasteiger partial charge in [0.25, 0.3) is 0 Å². The van der Waals surface area contributed by atoms with Crippen LogP contribution in [0.1, 0.15) is 22.3 Å². The predicted molar refractivity (Wildman–Crippen MR) is 208 cm³/mol. The minimum absolute atomic E-state index is 0.309. The van der Waals surface area contributed by atoms with E-state index in [2.05, 4.69) is 193 Å². The van der Waals surface area contributed by atoms with E-state index in [0.717, 1.165) is 17.1 Å². The van der Waals surface area contributed by atoms with Gasteiger partial charge < -0.3 is 0 Å². The zero-order valence-corrected chi connectivity index (χ0v) is 28.5. The molecule has 1 aliphatic rings. The fourth-order valence-corrected chi connectivity index (χ4v) is 10.8. The average molecular weight is 689 g/mol. The van der Waals surface area contributed by atoms with Crippen molar-refractivity contribution in [3.63, 3.8) is 0 Å². The van der Waals surface area contributed by atoms with Gasteiger partial charge in [0.2, 0.25) is 0 Å². The quantitative estimate of drug-likeness (QED) is 0.163. The molecule has 1 aliphatic carbocycles. The third-order valence-corrected chi connectivity index (χ3v) is 12.9. The van der Waals surface area contributed by atoms with Crippen molar-refractivity contribution in [3.8, 4) is 11.1 Å². The van der Waals surface area contributed by atoms with E-state index in [4.69, 9.17) is 0 Å². The predicted octanol–water partition coefficient (Wildman–Crippen LogP) is 12.0. The molecular formula is C47H31NSe.